The first kappa shape index (κ1) is 12.5. The smallest absolute Gasteiger partial charge is 0.0597 e. The Balaban J connectivity index is 1.77. The third-order valence-electron chi connectivity index (χ3n) is 4.46. The molecule has 2 unspecified atom stereocenters. The number of aryl methyl sites for hydroxylation is 2. The molecule has 0 N–H and O–H groups in total. The lowest BCUT2D eigenvalue weighted by atomic mass is 10.0. The number of rotatable bonds is 3. The number of nitrogens with zero attached hydrogens (tertiary/aromatic N) is 3. The largest absolute Gasteiger partial charge is 0.292 e. The summed E-state index contributed by atoms with van der Waals surface area (Å²) in [6.07, 6.45) is 4.98. The van der Waals surface area contributed by atoms with Crippen LogP contribution in [0.3, 0.4) is 0 Å². The van der Waals surface area contributed by atoms with E-state index < -0.39 is 0 Å². The second kappa shape index (κ2) is 4.86. The van der Waals surface area contributed by atoms with Gasteiger partial charge in [0.05, 0.1) is 11.4 Å². The van der Waals surface area contributed by atoms with Crippen LogP contribution in [0.4, 0.5) is 0 Å². The highest BCUT2D eigenvalue weighted by molar-refractivity contribution is 6.20. The molecule has 2 saturated heterocycles. The van der Waals surface area contributed by atoms with E-state index in [-0.39, 0.29) is 0 Å². The second-order valence-corrected chi connectivity index (χ2v) is 6.34. The highest BCUT2D eigenvalue weighted by atomic mass is 35.5. The van der Waals surface area contributed by atoms with Gasteiger partial charge in [-0.3, -0.25) is 9.58 Å². The molecule has 2 aliphatic heterocycles. The van der Waals surface area contributed by atoms with Crippen LogP contribution < -0.4 is 0 Å². The molecule has 3 rings (SSSR count). The Morgan fingerprint density at radius 1 is 1.33 bits per heavy atom. The van der Waals surface area contributed by atoms with Gasteiger partial charge in [0.2, 0.25) is 0 Å². The van der Waals surface area contributed by atoms with Crippen molar-refractivity contribution in [3.8, 4) is 0 Å². The minimum atomic E-state index is 0.400. The molecular weight excluding hydrogens is 246 g/mol. The Morgan fingerprint density at radius 3 is 2.61 bits per heavy atom. The van der Waals surface area contributed by atoms with E-state index in [9.17, 15) is 0 Å². The Hall–Kier alpha value is -0.540. The van der Waals surface area contributed by atoms with Crippen LogP contribution in [-0.4, -0.2) is 32.1 Å². The van der Waals surface area contributed by atoms with Gasteiger partial charge in [0.25, 0.3) is 0 Å². The molecule has 4 heteroatoms. The summed E-state index contributed by atoms with van der Waals surface area (Å²) in [6, 6.07) is 3.63. The molecule has 100 valence electrons. The van der Waals surface area contributed by atoms with Crippen molar-refractivity contribution in [1.82, 2.24) is 14.7 Å². The predicted molar refractivity (Wildman–Crippen MR) is 73.9 cm³/mol. The SMILES string of the molecule is CCn1nc(C)cc1CN1C2CCC1CC(Cl)C2. The molecule has 0 spiro atoms. The Morgan fingerprint density at radius 2 is 2.00 bits per heavy atom. The molecule has 0 aromatic carbocycles. The fraction of sp³-hybridized carbons (Fsp3) is 0.786. The molecular formula is C14H22ClN3. The van der Waals surface area contributed by atoms with Gasteiger partial charge >= 0.3 is 0 Å². The molecule has 2 fully saturated rings. The maximum absolute atomic E-state index is 6.33. The summed E-state index contributed by atoms with van der Waals surface area (Å²) < 4.78 is 2.14. The maximum atomic E-state index is 6.33. The van der Waals surface area contributed by atoms with E-state index in [1.165, 1.54) is 18.5 Å². The Labute approximate surface area is 114 Å². The minimum absolute atomic E-state index is 0.400. The summed E-state index contributed by atoms with van der Waals surface area (Å²) in [7, 11) is 0. The molecule has 1 aromatic heterocycles. The van der Waals surface area contributed by atoms with Crippen molar-refractivity contribution in [2.45, 2.75) is 70.1 Å². The third-order valence-corrected chi connectivity index (χ3v) is 4.81. The molecule has 2 atom stereocenters. The molecule has 18 heavy (non-hydrogen) atoms. The lowest BCUT2D eigenvalue weighted by molar-refractivity contribution is 0.130. The molecule has 0 amide bonds. The van der Waals surface area contributed by atoms with Gasteiger partial charge in [0.1, 0.15) is 0 Å². The van der Waals surface area contributed by atoms with Gasteiger partial charge < -0.3 is 0 Å². The number of aromatic nitrogens is 2. The maximum Gasteiger partial charge on any atom is 0.0597 e. The monoisotopic (exact) mass is 267 g/mol. The fourth-order valence-electron chi connectivity index (χ4n) is 3.65. The number of hydrogen-bond acceptors (Lipinski definition) is 2. The standard InChI is InChI=1S/C14H22ClN3/c1-3-18-14(6-10(2)16-18)9-17-12-4-5-13(17)8-11(15)7-12/h6,11-13H,3-5,7-9H2,1-2H3. The summed E-state index contributed by atoms with van der Waals surface area (Å²) in [6.45, 7) is 6.25. The van der Waals surface area contributed by atoms with Crippen LogP contribution >= 0.6 is 11.6 Å². The molecule has 2 bridgehead atoms. The van der Waals surface area contributed by atoms with Crippen LogP contribution in [0.2, 0.25) is 0 Å². The van der Waals surface area contributed by atoms with Crippen molar-refractivity contribution in [1.29, 1.82) is 0 Å². The summed E-state index contributed by atoms with van der Waals surface area (Å²) in [5.74, 6) is 0. The average molecular weight is 268 g/mol. The average Bonchev–Trinajstić information content (AvgIpc) is 2.79. The van der Waals surface area contributed by atoms with Crippen LogP contribution in [-0.2, 0) is 13.1 Å². The minimum Gasteiger partial charge on any atom is -0.292 e. The lowest BCUT2D eigenvalue weighted by Crippen LogP contribution is -2.43. The van der Waals surface area contributed by atoms with Crippen molar-refractivity contribution in [3.63, 3.8) is 0 Å². The van der Waals surface area contributed by atoms with Crippen LogP contribution in [0.25, 0.3) is 0 Å². The highest BCUT2D eigenvalue weighted by Crippen LogP contribution is 2.38. The van der Waals surface area contributed by atoms with E-state index in [1.54, 1.807) is 0 Å². The van der Waals surface area contributed by atoms with Crippen molar-refractivity contribution in [3.05, 3.63) is 17.5 Å². The first-order valence-electron chi connectivity index (χ1n) is 7.10. The number of piperidine rings is 1. The second-order valence-electron chi connectivity index (χ2n) is 5.72. The Bertz CT molecular complexity index is 415. The van der Waals surface area contributed by atoms with Crippen LogP contribution in [0.15, 0.2) is 6.07 Å². The van der Waals surface area contributed by atoms with Gasteiger partial charge in [-0.15, -0.1) is 11.6 Å². The fourth-order valence-corrected chi connectivity index (χ4v) is 4.06. The summed E-state index contributed by atoms with van der Waals surface area (Å²) >= 11 is 6.33. The molecule has 0 radical (unpaired) electrons. The van der Waals surface area contributed by atoms with Crippen molar-refractivity contribution in [2.24, 2.45) is 0 Å². The van der Waals surface area contributed by atoms with Crippen LogP contribution in [0.5, 0.6) is 0 Å². The number of halogens is 1. The zero-order valence-electron chi connectivity index (χ0n) is 11.3. The van der Waals surface area contributed by atoms with Gasteiger partial charge in [-0.2, -0.15) is 5.10 Å². The van der Waals surface area contributed by atoms with Gasteiger partial charge in [-0.1, -0.05) is 0 Å². The predicted octanol–water partition coefficient (Wildman–Crippen LogP) is 2.95. The van der Waals surface area contributed by atoms with Crippen molar-refractivity contribution < 1.29 is 0 Å². The number of fused-ring (bicyclic) bond motifs is 2. The topological polar surface area (TPSA) is 21.1 Å². The van der Waals surface area contributed by atoms with Gasteiger partial charge in [0.15, 0.2) is 0 Å². The van der Waals surface area contributed by atoms with E-state index in [2.05, 4.69) is 34.6 Å². The molecule has 3 nitrogen and oxygen atoms in total. The summed E-state index contributed by atoms with van der Waals surface area (Å²) in [5, 5.41) is 4.94. The van der Waals surface area contributed by atoms with Gasteiger partial charge in [-0.25, -0.2) is 0 Å². The summed E-state index contributed by atoms with van der Waals surface area (Å²) in [5.41, 5.74) is 2.49. The van der Waals surface area contributed by atoms with E-state index in [4.69, 9.17) is 11.6 Å². The van der Waals surface area contributed by atoms with E-state index in [1.807, 2.05) is 0 Å². The third kappa shape index (κ3) is 2.19. The van der Waals surface area contributed by atoms with Crippen LogP contribution in [0, 0.1) is 6.92 Å². The molecule has 0 saturated carbocycles. The van der Waals surface area contributed by atoms with Gasteiger partial charge in [0, 0.05) is 30.6 Å². The highest BCUT2D eigenvalue weighted by Gasteiger charge is 2.40. The normalized spacial score (nSPS) is 32.1. The molecule has 0 aliphatic carbocycles. The van der Waals surface area contributed by atoms with Crippen molar-refractivity contribution in [2.75, 3.05) is 0 Å². The summed E-state index contributed by atoms with van der Waals surface area (Å²) in [4.78, 5) is 2.67. The van der Waals surface area contributed by atoms with E-state index >= 15 is 0 Å². The zero-order valence-corrected chi connectivity index (χ0v) is 12.0. The van der Waals surface area contributed by atoms with Crippen LogP contribution in [0.1, 0.15) is 44.0 Å². The Kier molecular flexibility index (Phi) is 3.37. The van der Waals surface area contributed by atoms with Gasteiger partial charge in [-0.05, 0) is 45.6 Å². The van der Waals surface area contributed by atoms with E-state index in [0.29, 0.717) is 17.5 Å². The first-order chi connectivity index (χ1) is 8.67. The van der Waals surface area contributed by atoms with Crippen molar-refractivity contribution >= 4 is 11.6 Å². The number of alkyl halides is 1. The lowest BCUT2D eigenvalue weighted by Gasteiger charge is -2.36. The first-order valence-corrected chi connectivity index (χ1v) is 7.54. The molecule has 3 heterocycles. The molecule has 2 aliphatic rings. The number of hydrogen-bond donors (Lipinski definition) is 0. The molecule has 1 aromatic rings. The quantitative estimate of drug-likeness (QED) is 0.785. The zero-order chi connectivity index (χ0) is 12.7. The van der Waals surface area contributed by atoms with E-state index in [0.717, 1.165) is 31.6 Å².